The first-order valence-corrected chi connectivity index (χ1v) is 10.3. The van der Waals surface area contributed by atoms with Gasteiger partial charge in [0.05, 0.1) is 6.54 Å². The summed E-state index contributed by atoms with van der Waals surface area (Å²) in [4.78, 5) is 35.9. The zero-order valence-corrected chi connectivity index (χ0v) is 17.2. The standard InChI is InChI=1S/C21H28N6O3/c1-25-9-11-26(12-10-25)16-6-4-15(5-7-16)23-20(28)18-3-2-8-27(18)21(29)17-14-30-19(13-22)24-17/h4-7,14,18H,2-3,8-13,22H2,1H3,(H,23,28)/t18-/m1/s1. The zero-order chi connectivity index (χ0) is 21.1. The van der Waals surface area contributed by atoms with Crippen molar-refractivity contribution in [3.63, 3.8) is 0 Å². The number of oxazole rings is 1. The highest BCUT2D eigenvalue weighted by Gasteiger charge is 2.35. The number of aromatic nitrogens is 1. The van der Waals surface area contributed by atoms with Crippen LogP contribution in [0.2, 0.25) is 0 Å². The van der Waals surface area contributed by atoms with Crippen LogP contribution in [-0.2, 0) is 11.3 Å². The number of likely N-dealkylation sites (tertiary alicyclic amines) is 1. The first kappa shape index (κ1) is 20.4. The molecule has 2 aliphatic heterocycles. The maximum absolute atomic E-state index is 12.9. The van der Waals surface area contributed by atoms with Gasteiger partial charge in [0.25, 0.3) is 5.91 Å². The molecule has 160 valence electrons. The largest absolute Gasteiger partial charge is 0.447 e. The molecule has 2 fully saturated rings. The number of nitrogens with zero attached hydrogens (tertiary/aromatic N) is 4. The highest BCUT2D eigenvalue weighted by Crippen LogP contribution is 2.23. The molecule has 30 heavy (non-hydrogen) atoms. The van der Waals surface area contributed by atoms with Gasteiger partial charge in [-0.3, -0.25) is 9.59 Å². The molecule has 3 N–H and O–H groups in total. The van der Waals surface area contributed by atoms with E-state index < -0.39 is 6.04 Å². The number of anilines is 2. The second-order valence-electron chi connectivity index (χ2n) is 7.81. The molecular weight excluding hydrogens is 384 g/mol. The van der Waals surface area contributed by atoms with E-state index in [0.717, 1.165) is 44.0 Å². The third kappa shape index (κ3) is 4.31. The number of hydrogen-bond acceptors (Lipinski definition) is 7. The lowest BCUT2D eigenvalue weighted by atomic mass is 10.2. The average molecular weight is 412 g/mol. The van der Waals surface area contributed by atoms with Crippen LogP contribution in [0.3, 0.4) is 0 Å². The van der Waals surface area contributed by atoms with Crippen LogP contribution in [-0.4, -0.2) is 72.4 Å². The third-order valence-electron chi connectivity index (χ3n) is 5.77. The van der Waals surface area contributed by atoms with Crippen LogP contribution in [0, 0.1) is 0 Å². The normalized spacial score (nSPS) is 19.9. The molecule has 9 heteroatoms. The van der Waals surface area contributed by atoms with Crippen molar-refractivity contribution >= 4 is 23.2 Å². The van der Waals surface area contributed by atoms with Gasteiger partial charge in [0.1, 0.15) is 12.3 Å². The number of benzene rings is 1. The number of carbonyl (C=O) groups excluding carboxylic acids is 2. The maximum atomic E-state index is 12.9. The zero-order valence-electron chi connectivity index (χ0n) is 17.2. The van der Waals surface area contributed by atoms with Crippen molar-refractivity contribution in [1.82, 2.24) is 14.8 Å². The van der Waals surface area contributed by atoms with Crippen LogP contribution >= 0.6 is 0 Å². The molecule has 1 atom stereocenters. The van der Waals surface area contributed by atoms with Gasteiger partial charge < -0.3 is 30.2 Å². The highest BCUT2D eigenvalue weighted by molar-refractivity contribution is 6.00. The smallest absolute Gasteiger partial charge is 0.276 e. The molecule has 1 aromatic heterocycles. The molecule has 2 amide bonds. The van der Waals surface area contributed by atoms with Gasteiger partial charge in [0.2, 0.25) is 11.8 Å². The van der Waals surface area contributed by atoms with E-state index >= 15 is 0 Å². The summed E-state index contributed by atoms with van der Waals surface area (Å²) in [7, 11) is 2.13. The second kappa shape index (κ2) is 8.85. The molecule has 0 spiro atoms. The maximum Gasteiger partial charge on any atom is 0.276 e. The number of carbonyl (C=O) groups is 2. The monoisotopic (exact) mass is 412 g/mol. The Bertz CT molecular complexity index is 888. The predicted molar refractivity (Wildman–Crippen MR) is 113 cm³/mol. The van der Waals surface area contributed by atoms with Crippen LogP contribution in [0.1, 0.15) is 29.2 Å². The molecule has 0 aliphatic carbocycles. The van der Waals surface area contributed by atoms with Crippen LogP contribution in [0.15, 0.2) is 34.9 Å². The van der Waals surface area contributed by atoms with Crippen LogP contribution in [0.4, 0.5) is 11.4 Å². The van der Waals surface area contributed by atoms with Crippen molar-refractivity contribution in [2.45, 2.75) is 25.4 Å². The lowest BCUT2D eigenvalue weighted by Gasteiger charge is -2.34. The van der Waals surface area contributed by atoms with Crippen molar-refractivity contribution in [1.29, 1.82) is 0 Å². The Balaban J connectivity index is 1.38. The molecule has 2 aromatic rings. The highest BCUT2D eigenvalue weighted by atomic mass is 16.3. The van der Waals surface area contributed by atoms with Crippen molar-refractivity contribution < 1.29 is 14.0 Å². The summed E-state index contributed by atoms with van der Waals surface area (Å²) in [6, 6.07) is 7.37. The van der Waals surface area contributed by atoms with E-state index in [-0.39, 0.29) is 24.1 Å². The van der Waals surface area contributed by atoms with E-state index in [1.165, 1.54) is 6.26 Å². The first-order valence-electron chi connectivity index (χ1n) is 10.3. The van der Waals surface area contributed by atoms with Gasteiger partial charge in [-0.2, -0.15) is 0 Å². The van der Waals surface area contributed by atoms with Crippen LogP contribution in [0.5, 0.6) is 0 Å². The Kier molecular flexibility index (Phi) is 6.01. The number of hydrogen-bond donors (Lipinski definition) is 2. The summed E-state index contributed by atoms with van der Waals surface area (Å²) in [6.07, 6.45) is 2.70. The fourth-order valence-electron chi connectivity index (χ4n) is 3.98. The predicted octanol–water partition coefficient (Wildman–Crippen LogP) is 1.13. The summed E-state index contributed by atoms with van der Waals surface area (Å²) < 4.78 is 5.16. The van der Waals surface area contributed by atoms with E-state index in [1.54, 1.807) is 4.90 Å². The van der Waals surface area contributed by atoms with Gasteiger partial charge in [0.15, 0.2) is 5.69 Å². The fourth-order valence-corrected chi connectivity index (χ4v) is 3.98. The van der Waals surface area contributed by atoms with Gasteiger partial charge >= 0.3 is 0 Å². The van der Waals surface area contributed by atoms with Gasteiger partial charge in [-0.25, -0.2) is 4.98 Å². The number of nitrogens with two attached hydrogens (primary N) is 1. The summed E-state index contributed by atoms with van der Waals surface area (Å²) >= 11 is 0. The Morgan fingerprint density at radius 3 is 2.57 bits per heavy atom. The molecule has 9 nitrogen and oxygen atoms in total. The minimum absolute atomic E-state index is 0.126. The molecule has 0 radical (unpaired) electrons. The average Bonchev–Trinajstić information content (AvgIpc) is 3.44. The minimum atomic E-state index is -0.521. The number of amides is 2. The molecule has 4 rings (SSSR count). The van der Waals surface area contributed by atoms with Gasteiger partial charge in [-0.1, -0.05) is 0 Å². The first-order chi connectivity index (χ1) is 14.5. The van der Waals surface area contributed by atoms with Crippen molar-refractivity contribution in [3.05, 3.63) is 42.1 Å². The molecule has 0 bridgehead atoms. The Hall–Kier alpha value is -2.91. The lowest BCUT2D eigenvalue weighted by Crippen LogP contribution is -2.44. The lowest BCUT2D eigenvalue weighted by molar-refractivity contribution is -0.119. The molecule has 3 heterocycles. The van der Waals surface area contributed by atoms with Crippen LogP contribution < -0.4 is 16.0 Å². The number of likely N-dealkylation sites (N-methyl/N-ethyl adjacent to an activating group) is 1. The van der Waals surface area contributed by atoms with E-state index in [9.17, 15) is 9.59 Å². The Morgan fingerprint density at radius 1 is 1.17 bits per heavy atom. The Labute approximate surface area is 175 Å². The quantitative estimate of drug-likeness (QED) is 0.758. The fraction of sp³-hybridized carbons (Fsp3) is 0.476. The molecular formula is C21H28N6O3. The molecule has 0 unspecified atom stereocenters. The molecule has 1 aromatic carbocycles. The van der Waals surface area contributed by atoms with Gasteiger partial charge in [0, 0.05) is 44.1 Å². The van der Waals surface area contributed by atoms with E-state index in [2.05, 4.69) is 27.1 Å². The summed E-state index contributed by atoms with van der Waals surface area (Å²) in [5.41, 5.74) is 7.56. The number of nitrogens with one attached hydrogen (secondary N) is 1. The summed E-state index contributed by atoms with van der Waals surface area (Å²) in [5, 5.41) is 2.95. The van der Waals surface area contributed by atoms with Crippen molar-refractivity contribution in [3.8, 4) is 0 Å². The molecule has 0 saturated carbocycles. The Morgan fingerprint density at radius 2 is 1.90 bits per heavy atom. The van der Waals surface area contributed by atoms with Gasteiger partial charge in [-0.05, 0) is 44.2 Å². The SMILES string of the molecule is CN1CCN(c2ccc(NC(=O)[C@H]3CCCN3C(=O)c3coc(CN)n3)cc2)CC1. The molecule has 2 saturated heterocycles. The van der Waals surface area contributed by atoms with E-state index in [4.69, 9.17) is 10.2 Å². The van der Waals surface area contributed by atoms with Crippen molar-refractivity contribution in [2.75, 3.05) is 50.0 Å². The third-order valence-corrected chi connectivity index (χ3v) is 5.77. The summed E-state index contributed by atoms with van der Waals surface area (Å²) in [6.45, 7) is 4.72. The number of rotatable bonds is 5. The van der Waals surface area contributed by atoms with Crippen LogP contribution in [0.25, 0.3) is 0 Å². The molecule has 2 aliphatic rings. The topological polar surface area (TPSA) is 108 Å². The second-order valence-corrected chi connectivity index (χ2v) is 7.81. The van der Waals surface area contributed by atoms with E-state index in [0.29, 0.717) is 18.9 Å². The number of piperazine rings is 1. The van der Waals surface area contributed by atoms with Crippen molar-refractivity contribution in [2.24, 2.45) is 5.73 Å². The van der Waals surface area contributed by atoms with Gasteiger partial charge in [-0.15, -0.1) is 0 Å². The van der Waals surface area contributed by atoms with E-state index in [1.807, 2.05) is 24.3 Å². The summed E-state index contributed by atoms with van der Waals surface area (Å²) in [5.74, 6) is -0.184. The minimum Gasteiger partial charge on any atom is -0.447 e.